The molecule has 1 aliphatic heterocycles. The van der Waals surface area contributed by atoms with Crippen molar-refractivity contribution in [3.8, 4) is 0 Å². The molecule has 0 bridgehead atoms. The van der Waals surface area contributed by atoms with Gasteiger partial charge >= 0.3 is 0 Å². The molecule has 0 aliphatic carbocycles. The summed E-state index contributed by atoms with van der Waals surface area (Å²) in [4.78, 5) is 0. The van der Waals surface area contributed by atoms with Gasteiger partial charge in [0, 0.05) is 19.8 Å². The van der Waals surface area contributed by atoms with Crippen LogP contribution in [0.4, 0.5) is 0 Å². The topological polar surface area (TPSA) is 39.7 Å². The van der Waals surface area contributed by atoms with Gasteiger partial charge in [-0.05, 0) is 25.8 Å². The van der Waals surface area contributed by atoms with E-state index >= 15 is 0 Å². The van der Waals surface area contributed by atoms with Gasteiger partial charge in [-0.1, -0.05) is 6.42 Å². The van der Waals surface area contributed by atoms with Crippen LogP contribution in [0, 0.1) is 0 Å². The van der Waals surface area contributed by atoms with Crippen LogP contribution in [0.25, 0.3) is 0 Å². The van der Waals surface area contributed by atoms with Crippen LogP contribution in [0.15, 0.2) is 0 Å². The van der Waals surface area contributed by atoms with Crippen LogP contribution < -0.4 is 5.32 Å². The van der Waals surface area contributed by atoms with Crippen molar-refractivity contribution in [2.45, 2.75) is 31.7 Å². The number of hydrogen-bond acceptors (Lipinski definition) is 4. The van der Waals surface area contributed by atoms with E-state index in [1.807, 2.05) is 0 Å². The van der Waals surface area contributed by atoms with Crippen LogP contribution in [0.3, 0.4) is 0 Å². The van der Waals surface area contributed by atoms with Crippen molar-refractivity contribution in [3.63, 3.8) is 0 Å². The molecule has 104 valence electrons. The van der Waals surface area contributed by atoms with Gasteiger partial charge in [-0.15, -0.1) is 12.4 Å². The Morgan fingerprint density at radius 1 is 1.00 bits per heavy atom. The number of methoxy groups -OCH3 is 1. The molecule has 0 spiro atoms. The first-order chi connectivity index (χ1) is 7.93. The molecule has 5 heteroatoms. The van der Waals surface area contributed by atoms with Gasteiger partial charge in [0.15, 0.2) is 0 Å². The largest absolute Gasteiger partial charge is 0.382 e. The Bertz CT molecular complexity index is 155. The summed E-state index contributed by atoms with van der Waals surface area (Å²) in [7, 11) is 1.68. The third-order valence-corrected chi connectivity index (χ3v) is 2.83. The van der Waals surface area contributed by atoms with Crippen molar-refractivity contribution in [1.82, 2.24) is 5.32 Å². The maximum absolute atomic E-state index is 5.51. The number of hydrogen-bond donors (Lipinski definition) is 1. The molecule has 4 nitrogen and oxygen atoms in total. The normalized spacial score (nSPS) is 19.9. The smallest absolute Gasteiger partial charge is 0.0701 e. The minimum Gasteiger partial charge on any atom is -0.382 e. The maximum Gasteiger partial charge on any atom is 0.0701 e. The SMILES string of the molecule is COCCOCCOCCC1CCCCN1.Cl. The van der Waals surface area contributed by atoms with E-state index in [0.717, 1.165) is 13.0 Å². The molecular formula is C12H26ClNO3. The summed E-state index contributed by atoms with van der Waals surface area (Å²) in [6.45, 7) is 4.68. The molecule has 1 rings (SSSR count). The van der Waals surface area contributed by atoms with E-state index in [2.05, 4.69) is 5.32 Å². The lowest BCUT2D eigenvalue weighted by atomic mass is 10.0. The van der Waals surface area contributed by atoms with Gasteiger partial charge in [0.25, 0.3) is 0 Å². The molecular weight excluding hydrogens is 242 g/mol. The van der Waals surface area contributed by atoms with Crippen molar-refractivity contribution in [2.24, 2.45) is 0 Å². The summed E-state index contributed by atoms with van der Waals surface area (Å²) in [5, 5.41) is 3.51. The molecule has 0 aromatic rings. The molecule has 1 aliphatic rings. The monoisotopic (exact) mass is 267 g/mol. The Balaban J connectivity index is 0.00000256. The second-order valence-corrected chi connectivity index (χ2v) is 4.15. The summed E-state index contributed by atoms with van der Waals surface area (Å²) in [6.07, 6.45) is 5.11. The molecule has 0 radical (unpaired) electrons. The van der Waals surface area contributed by atoms with Crippen LogP contribution in [0.5, 0.6) is 0 Å². The first-order valence-electron chi connectivity index (χ1n) is 6.31. The fraction of sp³-hybridized carbons (Fsp3) is 1.00. The van der Waals surface area contributed by atoms with Gasteiger partial charge in [0.1, 0.15) is 0 Å². The van der Waals surface area contributed by atoms with Gasteiger partial charge in [-0.3, -0.25) is 0 Å². The highest BCUT2D eigenvalue weighted by Crippen LogP contribution is 2.09. The summed E-state index contributed by atoms with van der Waals surface area (Å²) in [5.41, 5.74) is 0. The molecule has 0 amide bonds. The van der Waals surface area contributed by atoms with E-state index < -0.39 is 0 Å². The molecule has 1 N–H and O–H groups in total. The zero-order valence-corrected chi connectivity index (χ0v) is 11.6. The van der Waals surface area contributed by atoms with E-state index in [4.69, 9.17) is 14.2 Å². The summed E-state index contributed by atoms with van der Waals surface area (Å²) >= 11 is 0. The Labute approximate surface area is 111 Å². The molecule has 1 unspecified atom stereocenters. The number of halogens is 1. The van der Waals surface area contributed by atoms with Crippen LogP contribution >= 0.6 is 12.4 Å². The summed E-state index contributed by atoms with van der Waals surface area (Å²) in [6, 6.07) is 0.670. The first-order valence-corrected chi connectivity index (χ1v) is 6.31. The Morgan fingerprint density at radius 3 is 2.35 bits per heavy atom. The van der Waals surface area contributed by atoms with Gasteiger partial charge < -0.3 is 19.5 Å². The van der Waals surface area contributed by atoms with E-state index in [1.54, 1.807) is 7.11 Å². The van der Waals surface area contributed by atoms with E-state index in [0.29, 0.717) is 32.5 Å². The first kappa shape index (κ1) is 17.1. The number of nitrogens with one attached hydrogen (secondary N) is 1. The van der Waals surface area contributed by atoms with E-state index in [-0.39, 0.29) is 12.4 Å². The lowest BCUT2D eigenvalue weighted by Gasteiger charge is -2.23. The summed E-state index contributed by atoms with van der Waals surface area (Å²) in [5.74, 6) is 0. The molecule has 17 heavy (non-hydrogen) atoms. The second-order valence-electron chi connectivity index (χ2n) is 4.15. The molecule has 0 saturated carbocycles. The Morgan fingerprint density at radius 2 is 1.71 bits per heavy atom. The van der Waals surface area contributed by atoms with E-state index in [1.165, 1.54) is 25.8 Å². The van der Waals surface area contributed by atoms with Crippen molar-refractivity contribution in [1.29, 1.82) is 0 Å². The zero-order valence-electron chi connectivity index (χ0n) is 10.8. The van der Waals surface area contributed by atoms with Crippen molar-refractivity contribution >= 4 is 12.4 Å². The zero-order chi connectivity index (χ0) is 11.5. The number of rotatable bonds is 9. The van der Waals surface area contributed by atoms with Crippen molar-refractivity contribution in [2.75, 3.05) is 46.7 Å². The molecule has 1 heterocycles. The molecule has 1 atom stereocenters. The fourth-order valence-corrected chi connectivity index (χ4v) is 1.86. The molecule has 1 fully saturated rings. The Kier molecular flexibility index (Phi) is 12.7. The van der Waals surface area contributed by atoms with Gasteiger partial charge in [-0.25, -0.2) is 0 Å². The van der Waals surface area contributed by atoms with Crippen LogP contribution in [0.2, 0.25) is 0 Å². The fourth-order valence-electron chi connectivity index (χ4n) is 1.86. The third kappa shape index (κ3) is 9.80. The van der Waals surface area contributed by atoms with Gasteiger partial charge in [0.05, 0.1) is 26.4 Å². The standard InChI is InChI=1S/C12H25NO3.ClH/c1-14-8-9-16-11-10-15-7-5-12-4-2-3-6-13-12;/h12-13H,2-11H2,1H3;1H. The minimum absolute atomic E-state index is 0. The van der Waals surface area contributed by atoms with Crippen LogP contribution in [-0.4, -0.2) is 52.7 Å². The summed E-state index contributed by atoms with van der Waals surface area (Å²) < 4.78 is 15.7. The van der Waals surface area contributed by atoms with E-state index in [9.17, 15) is 0 Å². The average Bonchev–Trinajstić information content (AvgIpc) is 2.34. The van der Waals surface area contributed by atoms with Gasteiger partial charge in [0.2, 0.25) is 0 Å². The predicted molar refractivity (Wildman–Crippen MR) is 71.0 cm³/mol. The van der Waals surface area contributed by atoms with Crippen LogP contribution in [0.1, 0.15) is 25.7 Å². The Hall–Kier alpha value is 0.130. The third-order valence-electron chi connectivity index (χ3n) is 2.83. The minimum atomic E-state index is 0. The van der Waals surface area contributed by atoms with Crippen molar-refractivity contribution < 1.29 is 14.2 Å². The predicted octanol–water partition coefficient (Wildman–Crippen LogP) is 1.62. The molecule has 0 aromatic heterocycles. The highest BCUT2D eigenvalue weighted by atomic mass is 35.5. The van der Waals surface area contributed by atoms with Crippen molar-refractivity contribution in [3.05, 3.63) is 0 Å². The van der Waals surface area contributed by atoms with Crippen LogP contribution in [-0.2, 0) is 14.2 Å². The second kappa shape index (κ2) is 12.6. The number of ether oxygens (including phenoxy) is 3. The lowest BCUT2D eigenvalue weighted by molar-refractivity contribution is 0.0224. The molecule has 1 saturated heterocycles. The quantitative estimate of drug-likeness (QED) is 0.645. The average molecular weight is 268 g/mol. The highest BCUT2D eigenvalue weighted by Gasteiger charge is 2.11. The lowest BCUT2D eigenvalue weighted by Crippen LogP contribution is -2.34. The number of piperidine rings is 1. The maximum atomic E-state index is 5.51. The molecule has 0 aromatic carbocycles. The van der Waals surface area contributed by atoms with Gasteiger partial charge in [-0.2, -0.15) is 0 Å². The highest BCUT2D eigenvalue weighted by molar-refractivity contribution is 5.85.